The fourth-order valence-corrected chi connectivity index (χ4v) is 2.51. The number of nitro benzene ring substituents is 1. The van der Waals surface area contributed by atoms with Crippen molar-refractivity contribution in [3.63, 3.8) is 0 Å². The Kier molecular flexibility index (Phi) is 5.28. The second-order valence-electron chi connectivity index (χ2n) is 5.00. The Labute approximate surface area is 116 Å². The van der Waals surface area contributed by atoms with Crippen molar-refractivity contribution in [1.82, 2.24) is 0 Å². The van der Waals surface area contributed by atoms with Crippen molar-refractivity contribution in [2.45, 2.75) is 33.2 Å². The third kappa shape index (κ3) is 3.78. The van der Waals surface area contributed by atoms with Crippen LogP contribution in [0.15, 0.2) is 22.7 Å². The molecule has 1 aromatic rings. The van der Waals surface area contributed by atoms with Gasteiger partial charge in [-0.15, -0.1) is 0 Å². The molecule has 18 heavy (non-hydrogen) atoms. The van der Waals surface area contributed by atoms with Crippen LogP contribution in [0.25, 0.3) is 0 Å². The molecule has 0 radical (unpaired) electrons. The highest BCUT2D eigenvalue weighted by Gasteiger charge is 2.23. The third-order valence-electron chi connectivity index (χ3n) is 3.23. The van der Waals surface area contributed by atoms with Gasteiger partial charge >= 0.3 is 0 Å². The number of nitro groups is 1. The molecule has 0 bridgehead atoms. The van der Waals surface area contributed by atoms with Crippen LogP contribution in [0.2, 0.25) is 0 Å². The molecule has 0 amide bonds. The van der Waals surface area contributed by atoms with Gasteiger partial charge in [0, 0.05) is 22.1 Å². The van der Waals surface area contributed by atoms with Gasteiger partial charge in [0.2, 0.25) is 0 Å². The summed E-state index contributed by atoms with van der Waals surface area (Å²) in [5.41, 5.74) is 6.87. The molecule has 2 atom stereocenters. The summed E-state index contributed by atoms with van der Waals surface area (Å²) in [5.74, 6) is 0.637. The molecule has 100 valence electrons. The normalized spacial score (nSPS) is 14.6. The Hall–Kier alpha value is -0.940. The van der Waals surface area contributed by atoms with Crippen LogP contribution in [0, 0.1) is 22.0 Å². The fourth-order valence-electron chi connectivity index (χ4n) is 2.16. The van der Waals surface area contributed by atoms with E-state index in [4.69, 9.17) is 5.73 Å². The van der Waals surface area contributed by atoms with Crippen molar-refractivity contribution in [3.05, 3.63) is 38.3 Å². The van der Waals surface area contributed by atoms with E-state index in [2.05, 4.69) is 29.8 Å². The van der Waals surface area contributed by atoms with E-state index >= 15 is 0 Å². The summed E-state index contributed by atoms with van der Waals surface area (Å²) in [5, 5.41) is 11.0. The Morgan fingerprint density at radius 1 is 1.39 bits per heavy atom. The lowest BCUT2D eigenvalue weighted by Crippen LogP contribution is -2.32. The minimum absolute atomic E-state index is 0.0215. The van der Waals surface area contributed by atoms with Gasteiger partial charge in [-0.1, -0.05) is 35.8 Å². The predicted molar refractivity (Wildman–Crippen MR) is 76.5 cm³/mol. The molecular weight excluding hydrogens is 296 g/mol. The molecular formula is C13H19BrN2O2. The van der Waals surface area contributed by atoms with Gasteiger partial charge in [0.25, 0.3) is 5.69 Å². The minimum atomic E-state index is -0.335. The maximum Gasteiger partial charge on any atom is 0.273 e. The molecule has 2 N–H and O–H groups in total. The van der Waals surface area contributed by atoms with Gasteiger partial charge in [-0.25, -0.2) is 0 Å². The van der Waals surface area contributed by atoms with Gasteiger partial charge in [0.15, 0.2) is 0 Å². The molecule has 0 aromatic heterocycles. The van der Waals surface area contributed by atoms with E-state index in [0.717, 1.165) is 10.0 Å². The Bertz CT molecular complexity index is 425. The molecule has 0 saturated carbocycles. The molecule has 0 aliphatic heterocycles. The maximum absolute atomic E-state index is 11.0. The van der Waals surface area contributed by atoms with Gasteiger partial charge in [-0.2, -0.15) is 0 Å². The lowest BCUT2D eigenvalue weighted by Gasteiger charge is -2.24. The molecule has 1 rings (SSSR count). The van der Waals surface area contributed by atoms with Crippen LogP contribution < -0.4 is 5.73 Å². The van der Waals surface area contributed by atoms with E-state index in [1.165, 1.54) is 0 Å². The standard InChI is InChI=1S/C13H19BrN2O2/c1-8(2)12(9(3)15)6-10-4-5-11(14)7-13(10)16(17)18/h4-5,7-9,12H,6,15H2,1-3H3. The fraction of sp³-hybridized carbons (Fsp3) is 0.538. The zero-order valence-corrected chi connectivity index (χ0v) is 12.5. The van der Waals surface area contributed by atoms with E-state index < -0.39 is 0 Å². The molecule has 0 saturated heterocycles. The lowest BCUT2D eigenvalue weighted by molar-refractivity contribution is -0.385. The third-order valence-corrected chi connectivity index (χ3v) is 3.72. The molecule has 2 unspecified atom stereocenters. The molecule has 5 heteroatoms. The monoisotopic (exact) mass is 314 g/mol. The summed E-state index contributed by atoms with van der Waals surface area (Å²) >= 11 is 3.26. The summed E-state index contributed by atoms with van der Waals surface area (Å²) in [6.07, 6.45) is 0.638. The van der Waals surface area contributed by atoms with Crippen LogP contribution in [0.1, 0.15) is 26.3 Å². The molecule has 0 aliphatic carbocycles. The Balaban J connectivity index is 3.06. The van der Waals surface area contributed by atoms with Crippen molar-refractivity contribution in [1.29, 1.82) is 0 Å². The van der Waals surface area contributed by atoms with E-state index in [1.807, 2.05) is 13.0 Å². The van der Waals surface area contributed by atoms with Crippen LogP contribution >= 0.6 is 15.9 Å². The highest BCUT2D eigenvalue weighted by molar-refractivity contribution is 9.10. The highest BCUT2D eigenvalue weighted by atomic mass is 79.9. The first kappa shape index (κ1) is 15.1. The summed E-state index contributed by atoms with van der Waals surface area (Å²) in [4.78, 5) is 10.7. The van der Waals surface area contributed by atoms with Crippen molar-refractivity contribution < 1.29 is 4.92 Å². The number of halogens is 1. The van der Waals surface area contributed by atoms with Gasteiger partial charge in [0.1, 0.15) is 0 Å². The van der Waals surface area contributed by atoms with E-state index in [9.17, 15) is 10.1 Å². The van der Waals surface area contributed by atoms with Crippen molar-refractivity contribution in [3.8, 4) is 0 Å². The first-order valence-corrected chi connectivity index (χ1v) is 6.80. The number of hydrogen-bond donors (Lipinski definition) is 1. The van der Waals surface area contributed by atoms with Gasteiger partial charge in [-0.3, -0.25) is 10.1 Å². The summed E-state index contributed by atoms with van der Waals surface area (Å²) in [6.45, 7) is 6.15. The summed E-state index contributed by atoms with van der Waals surface area (Å²) < 4.78 is 0.722. The number of nitrogens with two attached hydrogens (primary N) is 1. The minimum Gasteiger partial charge on any atom is -0.328 e. The molecule has 0 spiro atoms. The molecule has 0 fully saturated rings. The lowest BCUT2D eigenvalue weighted by atomic mass is 9.84. The van der Waals surface area contributed by atoms with Gasteiger partial charge in [0.05, 0.1) is 4.92 Å². The first-order chi connectivity index (χ1) is 8.32. The predicted octanol–water partition coefficient (Wildman–Crippen LogP) is 3.52. The van der Waals surface area contributed by atoms with E-state index in [0.29, 0.717) is 12.3 Å². The van der Waals surface area contributed by atoms with Crippen molar-refractivity contribution >= 4 is 21.6 Å². The largest absolute Gasteiger partial charge is 0.328 e. The second kappa shape index (κ2) is 6.29. The molecule has 0 aliphatic rings. The average molecular weight is 315 g/mol. The summed E-state index contributed by atoms with van der Waals surface area (Å²) in [6, 6.07) is 5.21. The highest BCUT2D eigenvalue weighted by Crippen LogP contribution is 2.28. The van der Waals surface area contributed by atoms with Crippen molar-refractivity contribution in [2.24, 2.45) is 17.6 Å². The number of rotatable bonds is 5. The number of hydrogen-bond acceptors (Lipinski definition) is 3. The molecule has 0 heterocycles. The van der Waals surface area contributed by atoms with Crippen LogP contribution in [-0.4, -0.2) is 11.0 Å². The Morgan fingerprint density at radius 2 is 2.00 bits per heavy atom. The zero-order chi connectivity index (χ0) is 13.9. The SMILES string of the molecule is CC(C)C(Cc1ccc(Br)cc1[N+](=O)[O-])C(C)N. The van der Waals surface area contributed by atoms with E-state index in [1.54, 1.807) is 12.1 Å². The molecule has 4 nitrogen and oxygen atoms in total. The van der Waals surface area contributed by atoms with Gasteiger partial charge < -0.3 is 5.73 Å². The van der Waals surface area contributed by atoms with Crippen LogP contribution in [0.3, 0.4) is 0 Å². The van der Waals surface area contributed by atoms with E-state index in [-0.39, 0.29) is 22.6 Å². The second-order valence-corrected chi connectivity index (χ2v) is 5.92. The maximum atomic E-state index is 11.0. The average Bonchev–Trinajstić information content (AvgIpc) is 2.25. The van der Waals surface area contributed by atoms with Crippen LogP contribution in [0.5, 0.6) is 0 Å². The quantitative estimate of drug-likeness (QED) is 0.667. The van der Waals surface area contributed by atoms with Crippen LogP contribution in [0.4, 0.5) is 5.69 Å². The first-order valence-electron chi connectivity index (χ1n) is 6.01. The Morgan fingerprint density at radius 3 is 2.44 bits per heavy atom. The van der Waals surface area contributed by atoms with Crippen molar-refractivity contribution in [2.75, 3.05) is 0 Å². The summed E-state index contributed by atoms with van der Waals surface area (Å²) in [7, 11) is 0. The zero-order valence-electron chi connectivity index (χ0n) is 10.9. The van der Waals surface area contributed by atoms with Gasteiger partial charge in [-0.05, 0) is 31.2 Å². The number of benzene rings is 1. The smallest absolute Gasteiger partial charge is 0.273 e. The molecule has 1 aromatic carbocycles. The van der Waals surface area contributed by atoms with Crippen LogP contribution in [-0.2, 0) is 6.42 Å². The number of nitrogens with zero attached hydrogens (tertiary/aromatic N) is 1. The topological polar surface area (TPSA) is 69.2 Å².